The van der Waals surface area contributed by atoms with Crippen molar-refractivity contribution in [2.75, 3.05) is 0 Å². The second-order valence-corrected chi connectivity index (χ2v) is 8.98. The van der Waals surface area contributed by atoms with Crippen LogP contribution in [0.25, 0.3) is 0 Å². The number of furan rings is 1. The molecule has 4 aromatic rings. The van der Waals surface area contributed by atoms with E-state index < -0.39 is 40.4 Å². The molecule has 0 saturated heterocycles. The van der Waals surface area contributed by atoms with Crippen LogP contribution in [-0.2, 0) is 12.1 Å². The standard InChI is InChI=1S/C27H25F2N3O5/c1-16(2)24(27(36,17-3-7-19(28)8-4-17)18-5-9-20(29)10-6-18)31-25(34)22-12-11-21(37-22)15-32-14-13-23(33)30-26(32)35/h3-14,16,24,36H,15H2,1-2H3,(H,31,34)(H,30,33,35)/t24-/m1/s1. The number of carbonyl (C=O) groups is 1. The lowest BCUT2D eigenvalue weighted by Crippen LogP contribution is -2.54. The summed E-state index contributed by atoms with van der Waals surface area (Å²) in [5.41, 5.74) is -2.40. The zero-order chi connectivity index (χ0) is 26.7. The molecule has 0 unspecified atom stereocenters. The molecule has 192 valence electrons. The number of rotatable bonds is 8. The minimum Gasteiger partial charge on any atom is -0.454 e. The van der Waals surface area contributed by atoms with E-state index in [1.807, 2.05) is 0 Å². The molecule has 37 heavy (non-hydrogen) atoms. The van der Waals surface area contributed by atoms with E-state index in [0.29, 0.717) is 11.1 Å². The molecule has 0 saturated carbocycles. The van der Waals surface area contributed by atoms with Crippen LogP contribution in [0.15, 0.2) is 86.9 Å². The van der Waals surface area contributed by atoms with E-state index >= 15 is 0 Å². The third-order valence-corrected chi connectivity index (χ3v) is 6.08. The van der Waals surface area contributed by atoms with Crippen molar-refractivity contribution >= 4 is 5.91 Å². The smallest absolute Gasteiger partial charge is 0.328 e. The highest BCUT2D eigenvalue weighted by Crippen LogP contribution is 2.36. The van der Waals surface area contributed by atoms with Gasteiger partial charge in [0.15, 0.2) is 5.76 Å². The second kappa shape index (κ2) is 10.4. The average molecular weight is 510 g/mol. The number of hydrogen-bond acceptors (Lipinski definition) is 5. The number of amides is 1. The molecule has 0 aliphatic heterocycles. The highest BCUT2D eigenvalue weighted by Gasteiger charge is 2.43. The maximum absolute atomic E-state index is 13.7. The van der Waals surface area contributed by atoms with Gasteiger partial charge in [0, 0.05) is 12.3 Å². The van der Waals surface area contributed by atoms with Gasteiger partial charge < -0.3 is 14.8 Å². The topological polar surface area (TPSA) is 117 Å². The van der Waals surface area contributed by atoms with Crippen LogP contribution < -0.4 is 16.6 Å². The molecule has 3 N–H and O–H groups in total. The number of carbonyl (C=O) groups excluding carboxylic acids is 1. The minimum absolute atomic E-state index is 0.0222. The molecule has 0 aliphatic carbocycles. The van der Waals surface area contributed by atoms with Crippen molar-refractivity contribution in [2.45, 2.75) is 32.0 Å². The molecular formula is C27H25F2N3O5. The van der Waals surface area contributed by atoms with Crippen LogP contribution in [-0.4, -0.2) is 26.6 Å². The summed E-state index contributed by atoms with van der Waals surface area (Å²) in [5.74, 6) is -1.76. The summed E-state index contributed by atoms with van der Waals surface area (Å²) < 4.78 is 34.2. The van der Waals surface area contributed by atoms with Crippen molar-refractivity contribution in [3.63, 3.8) is 0 Å². The van der Waals surface area contributed by atoms with Gasteiger partial charge in [0.1, 0.15) is 23.0 Å². The first-order chi connectivity index (χ1) is 17.6. The molecule has 0 spiro atoms. The summed E-state index contributed by atoms with van der Waals surface area (Å²) >= 11 is 0. The van der Waals surface area contributed by atoms with Crippen molar-refractivity contribution < 1.29 is 23.1 Å². The molecule has 10 heteroatoms. The van der Waals surface area contributed by atoms with E-state index in [2.05, 4.69) is 10.3 Å². The SMILES string of the molecule is CC(C)[C@@H](NC(=O)c1ccc(Cn2ccc(=O)[nH]c2=O)o1)C(O)(c1ccc(F)cc1)c1ccc(F)cc1. The van der Waals surface area contributed by atoms with Crippen LogP contribution in [0.4, 0.5) is 8.78 Å². The molecule has 0 fully saturated rings. The summed E-state index contributed by atoms with van der Waals surface area (Å²) in [6.07, 6.45) is 1.31. The molecule has 2 aromatic heterocycles. The Labute approximate surface area is 210 Å². The zero-order valence-electron chi connectivity index (χ0n) is 20.1. The molecule has 0 bridgehead atoms. The summed E-state index contributed by atoms with van der Waals surface area (Å²) in [6.45, 7) is 3.56. The Morgan fingerprint density at radius 2 is 1.54 bits per heavy atom. The Hall–Kier alpha value is -4.31. The lowest BCUT2D eigenvalue weighted by atomic mass is 9.75. The fourth-order valence-electron chi connectivity index (χ4n) is 4.22. The van der Waals surface area contributed by atoms with Gasteiger partial charge in [0.25, 0.3) is 11.5 Å². The molecule has 4 rings (SSSR count). The molecule has 1 amide bonds. The van der Waals surface area contributed by atoms with Gasteiger partial charge in [-0.05, 0) is 53.4 Å². The number of nitrogens with zero attached hydrogens (tertiary/aromatic N) is 1. The van der Waals surface area contributed by atoms with E-state index in [1.54, 1.807) is 13.8 Å². The maximum atomic E-state index is 13.7. The largest absolute Gasteiger partial charge is 0.454 e. The lowest BCUT2D eigenvalue weighted by Gasteiger charge is -2.40. The van der Waals surface area contributed by atoms with Crippen LogP contribution in [0.1, 0.15) is 41.3 Å². The zero-order valence-corrected chi connectivity index (χ0v) is 20.1. The monoisotopic (exact) mass is 509 g/mol. The first kappa shape index (κ1) is 25.8. The van der Waals surface area contributed by atoms with Gasteiger partial charge in [0.05, 0.1) is 12.6 Å². The third-order valence-electron chi connectivity index (χ3n) is 6.08. The fraction of sp³-hybridized carbons (Fsp3) is 0.222. The van der Waals surface area contributed by atoms with Gasteiger partial charge in [-0.2, -0.15) is 0 Å². The Morgan fingerprint density at radius 3 is 2.05 bits per heavy atom. The molecule has 2 heterocycles. The predicted molar refractivity (Wildman–Crippen MR) is 131 cm³/mol. The number of nitrogens with one attached hydrogen (secondary N) is 2. The molecule has 8 nitrogen and oxygen atoms in total. The number of hydrogen-bond donors (Lipinski definition) is 3. The normalized spacial score (nSPS) is 12.5. The molecule has 0 aliphatic rings. The molecular weight excluding hydrogens is 484 g/mol. The van der Waals surface area contributed by atoms with Crippen molar-refractivity contribution in [1.29, 1.82) is 0 Å². The van der Waals surface area contributed by atoms with Gasteiger partial charge in [-0.25, -0.2) is 13.6 Å². The number of aliphatic hydroxyl groups is 1. The van der Waals surface area contributed by atoms with Crippen molar-refractivity contribution in [1.82, 2.24) is 14.9 Å². The van der Waals surface area contributed by atoms with Gasteiger partial charge in [-0.3, -0.25) is 19.1 Å². The Bertz CT molecular complexity index is 1460. The van der Waals surface area contributed by atoms with Crippen LogP contribution in [0.5, 0.6) is 0 Å². The second-order valence-electron chi connectivity index (χ2n) is 8.98. The Balaban J connectivity index is 1.66. The van der Waals surface area contributed by atoms with E-state index in [0.717, 1.165) is 0 Å². The molecule has 1 atom stereocenters. The summed E-state index contributed by atoms with van der Waals surface area (Å²) in [6, 6.07) is 13.6. The van der Waals surface area contributed by atoms with Crippen LogP contribution >= 0.6 is 0 Å². The predicted octanol–water partition coefficient (Wildman–Crippen LogP) is 3.15. The van der Waals surface area contributed by atoms with Crippen molar-refractivity contribution in [2.24, 2.45) is 5.92 Å². The number of benzene rings is 2. The first-order valence-electron chi connectivity index (χ1n) is 11.5. The average Bonchev–Trinajstić information content (AvgIpc) is 3.33. The number of halogens is 2. The van der Waals surface area contributed by atoms with Gasteiger partial charge in [0.2, 0.25) is 0 Å². The Kier molecular flexibility index (Phi) is 7.21. The van der Waals surface area contributed by atoms with Crippen LogP contribution in [0.3, 0.4) is 0 Å². The van der Waals surface area contributed by atoms with Gasteiger partial charge >= 0.3 is 5.69 Å². The number of H-pyrrole nitrogens is 1. The summed E-state index contributed by atoms with van der Waals surface area (Å²) in [4.78, 5) is 38.5. The quantitative estimate of drug-likeness (QED) is 0.337. The molecule has 0 radical (unpaired) electrons. The Morgan fingerprint density at radius 1 is 0.973 bits per heavy atom. The van der Waals surface area contributed by atoms with E-state index in [4.69, 9.17) is 4.42 Å². The van der Waals surface area contributed by atoms with Gasteiger partial charge in [-0.1, -0.05) is 38.1 Å². The van der Waals surface area contributed by atoms with Crippen LogP contribution in [0, 0.1) is 17.6 Å². The van der Waals surface area contributed by atoms with E-state index in [9.17, 15) is 28.3 Å². The highest BCUT2D eigenvalue weighted by molar-refractivity contribution is 5.91. The fourth-order valence-corrected chi connectivity index (χ4v) is 4.22. The number of aromatic amines is 1. The third kappa shape index (κ3) is 5.44. The lowest BCUT2D eigenvalue weighted by molar-refractivity contribution is 0.0178. The van der Waals surface area contributed by atoms with Crippen molar-refractivity contribution in [3.05, 3.63) is 128 Å². The van der Waals surface area contributed by atoms with Gasteiger partial charge in [-0.15, -0.1) is 0 Å². The molecule has 2 aromatic carbocycles. The summed E-state index contributed by atoms with van der Waals surface area (Å²) in [7, 11) is 0. The van der Waals surface area contributed by atoms with Crippen molar-refractivity contribution in [3.8, 4) is 0 Å². The maximum Gasteiger partial charge on any atom is 0.328 e. The first-order valence-corrected chi connectivity index (χ1v) is 11.5. The van der Waals surface area contributed by atoms with E-state index in [-0.39, 0.29) is 24.0 Å². The minimum atomic E-state index is -1.84. The number of aromatic nitrogens is 2. The highest BCUT2D eigenvalue weighted by atomic mass is 19.1. The van der Waals surface area contributed by atoms with E-state index in [1.165, 1.54) is 77.5 Å². The summed E-state index contributed by atoms with van der Waals surface area (Å²) in [5, 5.41) is 14.9. The van der Waals surface area contributed by atoms with Crippen LogP contribution in [0.2, 0.25) is 0 Å².